The van der Waals surface area contributed by atoms with E-state index in [0.717, 1.165) is 12.1 Å². The predicted octanol–water partition coefficient (Wildman–Crippen LogP) is 3.78. The number of para-hydroxylation sites is 1. The van der Waals surface area contributed by atoms with Crippen LogP contribution in [0, 0.1) is 0 Å². The highest BCUT2D eigenvalue weighted by atomic mass is 15.2. The number of rotatable bonds is 2. The zero-order chi connectivity index (χ0) is 12.4. The largest absolute Gasteiger partial charge is 0.297 e. The lowest BCUT2D eigenvalue weighted by molar-refractivity contribution is 0.157. The SMILES string of the molecule is CCN1CCCCC1c1cnc2ccccc2c1. The number of hydrogen-bond acceptors (Lipinski definition) is 2. The molecule has 0 bridgehead atoms. The van der Waals surface area contributed by atoms with Gasteiger partial charge in [0.05, 0.1) is 5.52 Å². The van der Waals surface area contributed by atoms with E-state index in [1.807, 2.05) is 6.07 Å². The Labute approximate surface area is 109 Å². The molecule has 2 heteroatoms. The van der Waals surface area contributed by atoms with Gasteiger partial charge in [0, 0.05) is 17.6 Å². The third-order valence-electron chi connectivity index (χ3n) is 4.02. The normalized spacial score (nSPS) is 21.3. The van der Waals surface area contributed by atoms with Crippen molar-refractivity contribution in [2.75, 3.05) is 13.1 Å². The summed E-state index contributed by atoms with van der Waals surface area (Å²) in [5.41, 5.74) is 2.48. The van der Waals surface area contributed by atoms with Gasteiger partial charge in [-0.15, -0.1) is 0 Å². The van der Waals surface area contributed by atoms with E-state index in [1.54, 1.807) is 0 Å². The van der Waals surface area contributed by atoms with E-state index in [2.05, 4.69) is 47.3 Å². The highest BCUT2D eigenvalue weighted by Gasteiger charge is 2.22. The van der Waals surface area contributed by atoms with Crippen molar-refractivity contribution in [1.82, 2.24) is 9.88 Å². The molecule has 1 aromatic heterocycles. The van der Waals surface area contributed by atoms with Crippen LogP contribution in [-0.2, 0) is 0 Å². The van der Waals surface area contributed by atoms with E-state index in [0.29, 0.717) is 6.04 Å². The number of piperidine rings is 1. The molecule has 1 aliphatic rings. The summed E-state index contributed by atoms with van der Waals surface area (Å²) < 4.78 is 0. The first-order valence-electron chi connectivity index (χ1n) is 6.97. The van der Waals surface area contributed by atoms with Gasteiger partial charge in [0.2, 0.25) is 0 Å². The van der Waals surface area contributed by atoms with Gasteiger partial charge in [-0.05, 0) is 43.6 Å². The molecule has 18 heavy (non-hydrogen) atoms. The van der Waals surface area contributed by atoms with E-state index in [4.69, 9.17) is 0 Å². The Kier molecular flexibility index (Phi) is 3.28. The van der Waals surface area contributed by atoms with Gasteiger partial charge in [-0.3, -0.25) is 9.88 Å². The molecule has 1 aliphatic heterocycles. The molecule has 3 rings (SSSR count). The number of likely N-dealkylation sites (tertiary alicyclic amines) is 1. The average Bonchev–Trinajstić information content (AvgIpc) is 2.46. The molecule has 2 aromatic rings. The fraction of sp³-hybridized carbons (Fsp3) is 0.438. The molecule has 2 heterocycles. The third-order valence-corrected chi connectivity index (χ3v) is 4.02. The topological polar surface area (TPSA) is 16.1 Å². The summed E-state index contributed by atoms with van der Waals surface area (Å²) in [6.07, 6.45) is 6.02. The number of aromatic nitrogens is 1. The molecule has 1 aromatic carbocycles. The van der Waals surface area contributed by atoms with Crippen LogP contribution in [0.25, 0.3) is 10.9 Å². The van der Waals surface area contributed by atoms with Gasteiger partial charge in [0.25, 0.3) is 0 Å². The highest BCUT2D eigenvalue weighted by Crippen LogP contribution is 2.31. The standard InChI is InChI=1S/C16H20N2/c1-2-18-10-6-5-9-16(18)14-11-13-7-3-4-8-15(13)17-12-14/h3-4,7-8,11-12,16H,2,5-6,9-10H2,1H3. The molecule has 1 fully saturated rings. The summed E-state index contributed by atoms with van der Waals surface area (Å²) in [6, 6.07) is 11.3. The van der Waals surface area contributed by atoms with Gasteiger partial charge < -0.3 is 0 Å². The van der Waals surface area contributed by atoms with Crippen molar-refractivity contribution in [2.24, 2.45) is 0 Å². The number of fused-ring (bicyclic) bond motifs is 1. The number of benzene rings is 1. The molecule has 0 aliphatic carbocycles. The lowest BCUT2D eigenvalue weighted by atomic mass is 9.95. The van der Waals surface area contributed by atoms with Gasteiger partial charge in [0.1, 0.15) is 0 Å². The first-order valence-corrected chi connectivity index (χ1v) is 6.97. The Bertz CT molecular complexity index is 535. The first kappa shape index (κ1) is 11.7. The van der Waals surface area contributed by atoms with Crippen LogP contribution in [0.5, 0.6) is 0 Å². The Morgan fingerprint density at radius 3 is 3.06 bits per heavy atom. The summed E-state index contributed by atoms with van der Waals surface area (Å²) in [4.78, 5) is 7.18. The number of nitrogens with zero attached hydrogens (tertiary/aromatic N) is 2. The van der Waals surface area contributed by atoms with Crippen LogP contribution in [0.1, 0.15) is 37.8 Å². The van der Waals surface area contributed by atoms with Crippen molar-refractivity contribution >= 4 is 10.9 Å². The van der Waals surface area contributed by atoms with Crippen LogP contribution < -0.4 is 0 Å². The van der Waals surface area contributed by atoms with Gasteiger partial charge in [-0.25, -0.2) is 0 Å². The van der Waals surface area contributed by atoms with Gasteiger partial charge in [-0.2, -0.15) is 0 Å². The minimum absolute atomic E-state index is 0.570. The fourth-order valence-corrected chi connectivity index (χ4v) is 3.02. The van der Waals surface area contributed by atoms with Crippen molar-refractivity contribution in [1.29, 1.82) is 0 Å². The summed E-state index contributed by atoms with van der Waals surface area (Å²) in [5, 5.41) is 1.26. The quantitative estimate of drug-likeness (QED) is 0.794. The molecule has 1 unspecified atom stereocenters. The summed E-state index contributed by atoms with van der Waals surface area (Å²) >= 11 is 0. The summed E-state index contributed by atoms with van der Waals surface area (Å²) in [7, 11) is 0. The summed E-state index contributed by atoms with van der Waals surface area (Å²) in [5.74, 6) is 0. The second-order valence-electron chi connectivity index (χ2n) is 5.10. The Morgan fingerprint density at radius 1 is 1.28 bits per heavy atom. The van der Waals surface area contributed by atoms with Gasteiger partial charge in [0.15, 0.2) is 0 Å². The molecule has 1 atom stereocenters. The summed E-state index contributed by atoms with van der Waals surface area (Å²) in [6.45, 7) is 4.62. The van der Waals surface area contributed by atoms with E-state index in [-0.39, 0.29) is 0 Å². The Balaban J connectivity index is 1.97. The maximum atomic E-state index is 4.60. The highest BCUT2D eigenvalue weighted by molar-refractivity contribution is 5.78. The number of pyridine rings is 1. The second kappa shape index (κ2) is 5.07. The van der Waals surface area contributed by atoms with Crippen molar-refractivity contribution in [2.45, 2.75) is 32.2 Å². The van der Waals surface area contributed by atoms with E-state index < -0.39 is 0 Å². The van der Waals surface area contributed by atoms with Gasteiger partial charge >= 0.3 is 0 Å². The molecule has 0 spiro atoms. The van der Waals surface area contributed by atoms with Crippen LogP contribution in [0.15, 0.2) is 36.5 Å². The smallest absolute Gasteiger partial charge is 0.0702 e. The molecule has 0 saturated carbocycles. The molecule has 1 saturated heterocycles. The molecule has 2 nitrogen and oxygen atoms in total. The zero-order valence-electron chi connectivity index (χ0n) is 11.0. The van der Waals surface area contributed by atoms with E-state index in [9.17, 15) is 0 Å². The van der Waals surface area contributed by atoms with Crippen molar-refractivity contribution in [3.63, 3.8) is 0 Å². The molecule has 0 amide bonds. The zero-order valence-corrected chi connectivity index (χ0v) is 11.0. The minimum Gasteiger partial charge on any atom is -0.297 e. The van der Waals surface area contributed by atoms with Crippen LogP contribution in [-0.4, -0.2) is 23.0 Å². The Hall–Kier alpha value is -1.41. The van der Waals surface area contributed by atoms with E-state index >= 15 is 0 Å². The Morgan fingerprint density at radius 2 is 2.17 bits per heavy atom. The third kappa shape index (κ3) is 2.13. The molecule has 94 valence electrons. The van der Waals surface area contributed by atoms with Crippen molar-refractivity contribution in [3.8, 4) is 0 Å². The molecule has 0 radical (unpaired) electrons. The lowest BCUT2D eigenvalue weighted by Crippen LogP contribution is -2.33. The first-order chi connectivity index (χ1) is 8.88. The van der Waals surface area contributed by atoms with Crippen LogP contribution in [0.3, 0.4) is 0 Å². The van der Waals surface area contributed by atoms with Crippen LogP contribution in [0.4, 0.5) is 0 Å². The monoisotopic (exact) mass is 240 g/mol. The lowest BCUT2D eigenvalue weighted by Gasteiger charge is -2.35. The second-order valence-corrected chi connectivity index (χ2v) is 5.10. The van der Waals surface area contributed by atoms with Crippen LogP contribution >= 0.6 is 0 Å². The van der Waals surface area contributed by atoms with E-state index in [1.165, 1.54) is 36.8 Å². The molecular weight excluding hydrogens is 220 g/mol. The van der Waals surface area contributed by atoms with Gasteiger partial charge in [-0.1, -0.05) is 31.5 Å². The maximum Gasteiger partial charge on any atom is 0.0702 e. The maximum absolute atomic E-state index is 4.60. The fourth-order valence-electron chi connectivity index (χ4n) is 3.02. The number of hydrogen-bond donors (Lipinski definition) is 0. The molecule has 0 N–H and O–H groups in total. The molecular formula is C16H20N2. The predicted molar refractivity (Wildman–Crippen MR) is 75.6 cm³/mol. The average molecular weight is 240 g/mol. The van der Waals surface area contributed by atoms with Crippen molar-refractivity contribution in [3.05, 3.63) is 42.1 Å². The van der Waals surface area contributed by atoms with Crippen LogP contribution in [0.2, 0.25) is 0 Å². The van der Waals surface area contributed by atoms with Crippen molar-refractivity contribution < 1.29 is 0 Å². The minimum atomic E-state index is 0.570.